The molecule has 3 aromatic rings. The highest BCUT2D eigenvalue weighted by Crippen LogP contribution is 2.53. The first kappa shape index (κ1) is 21.8. The van der Waals surface area contributed by atoms with Crippen molar-refractivity contribution in [2.24, 2.45) is 11.8 Å². The molecule has 8 nitrogen and oxygen atoms in total. The van der Waals surface area contributed by atoms with E-state index in [2.05, 4.69) is 0 Å². The molecule has 0 N–H and O–H groups in total. The molecule has 36 heavy (non-hydrogen) atoms. The van der Waals surface area contributed by atoms with Crippen molar-refractivity contribution < 1.29 is 23.7 Å². The summed E-state index contributed by atoms with van der Waals surface area (Å²) < 4.78 is 14.7. The molecule has 9 heteroatoms. The van der Waals surface area contributed by atoms with Gasteiger partial charge in [0, 0.05) is 23.9 Å². The van der Waals surface area contributed by atoms with Crippen molar-refractivity contribution in [3.8, 4) is 0 Å². The number of hydrogen-bond acceptors (Lipinski definition) is 6. The maximum absolute atomic E-state index is 14.7. The van der Waals surface area contributed by atoms with E-state index < -0.39 is 52.3 Å². The van der Waals surface area contributed by atoms with Crippen molar-refractivity contribution in [1.82, 2.24) is 4.90 Å². The summed E-state index contributed by atoms with van der Waals surface area (Å²) >= 11 is 0. The lowest BCUT2D eigenvalue weighted by atomic mass is 9.83. The van der Waals surface area contributed by atoms with Crippen LogP contribution in [0.3, 0.4) is 0 Å². The molecule has 0 aromatic heterocycles. The van der Waals surface area contributed by atoms with Crippen LogP contribution < -0.4 is 4.90 Å². The molecule has 2 amide bonds. The smallest absolute Gasteiger partial charge is 0.270 e. The van der Waals surface area contributed by atoms with Crippen molar-refractivity contribution in [3.63, 3.8) is 0 Å². The summed E-state index contributed by atoms with van der Waals surface area (Å²) in [7, 11) is 0. The number of rotatable bonds is 4. The Kier molecular flexibility index (Phi) is 4.82. The molecule has 3 aromatic carbocycles. The molecule has 0 radical (unpaired) electrons. The molecule has 4 unspecified atom stereocenters. The monoisotopic (exact) mass is 483 g/mol. The number of carbonyl (C=O) groups is 3. The lowest BCUT2D eigenvalue weighted by molar-refractivity contribution is -0.384. The summed E-state index contributed by atoms with van der Waals surface area (Å²) in [6, 6.07) is 16.5. The molecule has 0 spiro atoms. The highest BCUT2D eigenvalue weighted by Gasteiger charge is 2.64. The maximum atomic E-state index is 14.7. The Bertz CT molecular complexity index is 1500. The Hall–Kier alpha value is -4.66. The van der Waals surface area contributed by atoms with E-state index in [1.165, 1.54) is 48.5 Å². The third-order valence-electron chi connectivity index (χ3n) is 7.17. The van der Waals surface area contributed by atoms with Crippen molar-refractivity contribution in [2.75, 3.05) is 4.90 Å². The summed E-state index contributed by atoms with van der Waals surface area (Å²) in [5, 5.41) is 11.3. The number of para-hydroxylation sites is 1. The van der Waals surface area contributed by atoms with Crippen LogP contribution in [0.1, 0.15) is 27.5 Å². The van der Waals surface area contributed by atoms with Gasteiger partial charge in [-0.25, -0.2) is 9.29 Å². The van der Waals surface area contributed by atoms with Gasteiger partial charge in [0.05, 0.1) is 28.5 Å². The summed E-state index contributed by atoms with van der Waals surface area (Å²) in [6.07, 6.45) is 3.50. The Morgan fingerprint density at radius 1 is 0.917 bits per heavy atom. The molecule has 3 aliphatic heterocycles. The average Bonchev–Trinajstić information content (AvgIpc) is 3.36. The van der Waals surface area contributed by atoms with Gasteiger partial charge in [-0.2, -0.15) is 0 Å². The molecule has 2 saturated heterocycles. The number of hydrogen-bond donors (Lipinski definition) is 0. The van der Waals surface area contributed by atoms with E-state index in [0.717, 1.165) is 16.0 Å². The van der Waals surface area contributed by atoms with Gasteiger partial charge >= 0.3 is 0 Å². The van der Waals surface area contributed by atoms with Gasteiger partial charge in [0.2, 0.25) is 11.8 Å². The number of halogens is 1. The largest absolute Gasteiger partial charge is 0.358 e. The molecule has 3 heterocycles. The number of nitrogens with zero attached hydrogens (tertiary/aromatic N) is 3. The summed E-state index contributed by atoms with van der Waals surface area (Å²) in [5.41, 5.74) is 1.28. The topological polar surface area (TPSA) is 101 Å². The van der Waals surface area contributed by atoms with Gasteiger partial charge < -0.3 is 4.90 Å². The van der Waals surface area contributed by atoms with E-state index >= 15 is 0 Å². The second-order valence-electron chi connectivity index (χ2n) is 8.97. The number of ketones is 1. The van der Waals surface area contributed by atoms with Gasteiger partial charge in [-0.1, -0.05) is 48.5 Å². The molecule has 0 saturated carbocycles. The van der Waals surface area contributed by atoms with Crippen LogP contribution in [0.25, 0.3) is 6.08 Å². The van der Waals surface area contributed by atoms with Crippen molar-refractivity contribution >= 4 is 35.0 Å². The lowest BCUT2D eigenvalue weighted by Crippen LogP contribution is -2.44. The van der Waals surface area contributed by atoms with E-state index in [1.807, 2.05) is 30.3 Å². The highest BCUT2D eigenvalue weighted by molar-refractivity contribution is 6.24. The van der Waals surface area contributed by atoms with Crippen LogP contribution >= 0.6 is 0 Å². The van der Waals surface area contributed by atoms with Crippen molar-refractivity contribution in [2.45, 2.75) is 12.1 Å². The normalized spacial score (nSPS) is 23.9. The van der Waals surface area contributed by atoms with Crippen LogP contribution in [0, 0.1) is 27.8 Å². The van der Waals surface area contributed by atoms with Crippen LogP contribution in [-0.4, -0.2) is 33.5 Å². The van der Waals surface area contributed by atoms with E-state index in [-0.39, 0.29) is 16.9 Å². The number of amides is 2. The standard InChI is InChI=1S/C27H18FN3O5/c28-19-10-3-4-11-20(19)30-26(33)21-22(27(30)34)24(25(32)16-7-5-8-17(14-16)31(35)36)29-13-12-15-6-1-2-9-18(15)23(21)29/h1-14,21-24H. The van der Waals surface area contributed by atoms with Gasteiger partial charge in [-0.05, 0) is 29.3 Å². The van der Waals surface area contributed by atoms with E-state index in [4.69, 9.17) is 0 Å². The fourth-order valence-corrected chi connectivity index (χ4v) is 5.67. The fourth-order valence-electron chi connectivity index (χ4n) is 5.67. The Morgan fingerprint density at radius 2 is 1.64 bits per heavy atom. The van der Waals surface area contributed by atoms with E-state index in [9.17, 15) is 28.9 Å². The molecule has 0 bridgehead atoms. The minimum absolute atomic E-state index is 0.0606. The zero-order chi connectivity index (χ0) is 25.1. The predicted molar refractivity (Wildman–Crippen MR) is 127 cm³/mol. The first-order valence-corrected chi connectivity index (χ1v) is 11.3. The average molecular weight is 483 g/mol. The maximum Gasteiger partial charge on any atom is 0.270 e. The third kappa shape index (κ3) is 3.02. The number of benzene rings is 3. The number of carbonyl (C=O) groups excluding carboxylic acids is 3. The van der Waals surface area contributed by atoms with Crippen LogP contribution in [0.2, 0.25) is 0 Å². The third-order valence-corrected chi connectivity index (χ3v) is 7.17. The number of imide groups is 1. The Balaban J connectivity index is 1.51. The summed E-state index contributed by atoms with van der Waals surface area (Å²) in [6.45, 7) is 0. The van der Waals surface area contributed by atoms with Gasteiger partial charge in [-0.3, -0.25) is 24.5 Å². The molecular formula is C27H18FN3O5. The van der Waals surface area contributed by atoms with Crippen molar-refractivity contribution in [3.05, 3.63) is 112 Å². The second kappa shape index (κ2) is 7.94. The van der Waals surface area contributed by atoms with E-state index in [0.29, 0.717) is 0 Å². The molecular weight excluding hydrogens is 465 g/mol. The van der Waals surface area contributed by atoms with Gasteiger partial charge in [0.15, 0.2) is 5.78 Å². The molecule has 178 valence electrons. The number of nitro groups is 1. The second-order valence-corrected chi connectivity index (χ2v) is 8.97. The fraction of sp³-hybridized carbons (Fsp3) is 0.148. The minimum atomic E-state index is -1.10. The zero-order valence-corrected chi connectivity index (χ0v) is 18.7. The molecule has 2 fully saturated rings. The number of fused-ring (bicyclic) bond motifs is 5. The summed E-state index contributed by atoms with van der Waals surface area (Å²) in [4.78, 5) is 54.6. The van der Waals surface area contributed by atoms with E-state index in [1.54, 1.807) is 11.1 Å². The number of anilines is 1. The summed E-state index contributed by atoms with van der Waals surface area (Å²) in [5.74, 6) is -4.51. The number of Topliss-reactive ketones (excluding diaryl/α,β-unsaturated/α-hetero) is 1. The lowest BCUT2D eigenvalue weighted by Gasteiger charge is -2.35. The van der Waals surface area contributed by atoms with Gasteiger partial charge in [0.25, 0.3) is 5.69 Å². The first-order chi connectivity index (χ1) is 17.4. The number of nitro benzene ring substituents is 1. The highest BCUT2D eigenvalue weighted by atomic mass is 19.1. The van der Waals surface area contributed by atoms with Crippen LogP contribution in [0.15, 0.2) is 79.0 Å². The molecule has 3 aliphatic rings. The minimum Gasteiger partial charge on any atom is -0.358 e. The quantitative estimate of drug-likeness (QED) is 0.239. The molecule has 0 aliphatic carbocycles. The molecule has 4 atom stereocenters. The predicted octanol–water partition coefficient (Wildman–Crippen LogP) is 4.13. The van der Waals surface area contributed by atoms with Crippen molar-refractivity contribution in [1.29, 1.82) is 0 Å². The molecule has 6 rings (SSSR count). The van der Waals surface area contributed by atoms with Crippen LogP contribution in [0.4, 0.5) is 15.8 Å². The van der Waals surface area contributed by atoms with Gasteiger partial charge in [0.1, 0.15) is 11.9 Å². The SMILES string of the molecule is O=C(c1cccc([N+](=O)[O-])c1)C1C2C(=O)N(c3ccccc3F)C(=O)C2C2c3ccccc3C=CN12. The zero-order valence-electron chi connectivity index (χ0n) is 18.7. The van der Waals surface area contributed by atoms with Gasteiger partial charge in [-0.15, -0.1) is 0 Å². The van der Waals surface area contributed by atoms with Crippen LogP contribution in [-0.2, 0) is 9.59 Å². The Morgan fingerprint density at radius 3 is 2.42 bits per heavy atom. The number of non-ortho nitro benzene ring substituents is 1. The first-order valence-electron chi connectivity index (χ1n) is 11.3. The Labute approximate surface area is 204 Å². The van der Waals surface area contributed by atoms with Crippen LogP contribution in [0.5, 0.6) is 0 Å².